The van der Waals surface area contributed by atoms with Gasteiger partial charge in [0.1, 0.15) is 5.60 Å². The molecule has 1 saturated heterocycles. The number of likely N-dealkylation sites (tertiary alicyclic amines) is 1. The number of carbonyl (C=O) groups is 1. The lowest BCUT2D eigenvalue weighted by atomic mass is 10.2. The molecule has 1 fully saturated rings. The molecule has 0 aromatic carbocycles. The zero-order valence-electron chi connectivity index (χ0n) is 13.1. The number of rotatable bonds is 4. The van der Waals surface area contributed by atoms with Crippen molar-refractivity contribution in [3.05, 3.63) is 30.1 Å². The van der Waals surface area contributed by atoms with E-state index in [-0.39, 0.29) is 12.1 Å². The van der Waals surface area contributed by atoms with Crippen LogP contribution in [0, 0.1) is 0 Å². The van der Waals surface area contributed by atoms with Gasteiger partial charge in [0.05, 0.1) is 5.69 Å². The molecule has 1 N–H and O–H groups in total. The second-order valence-electron chi connectivity index (χ2n) is 6.42. The molecular weight excluding hydrogens is 266 g/mol. The molecule has 0 saturated carbocycles. The molecule has 5 heteroatoms. The van der Waals surface area contributed by atoms with Crippen LogP contribution < -0.4 is 5.32 Å². The Hall–Kier alpha value is -1.62. The van der Waals surface area contributed by atoms with Crippen molar-refractivity contribution >= 4 is 6.09 Å². The van der Waals surface area contributed by atoms with Gasteiger partial charge >= 0.3 is 6.09 Å². The lowest BCUT2D eigenvalue weighted by Gasteiger charge is -2.28. The van der Waals surface area contributed by atoms with E-state index < -0.39 is 5.60 Å². The summed E-state index contributed by atoms with van der Waals surface area (Å²) in [5.41, 5.74) is 0.574. The van der Waals surface area contributed by atoms with Gasteiger partial charge in [-0.2, -0.15) is 0 Å². The van der Waals surface area contributed by atoms with Gasteiger partial charge in [0.15, 0.2) is 0 Å². The fourth-order valence-corrected chi connectivity index (χ4v) is 2.48. The molecule has 0 unspecified atom stereocenters. The molecule has 1 aromatic heterocycles. The summed E-state index contributed by atoms with van der Waals surface area (Å²) in [5.74, 6) is 0. The Morgan fingerprint density at radius 2 is 2.29 bits per heavy atom. The number of hydrogen-bond acceptors (Lipinski definition) is 4. The molecule has 21 heavy (non-hydrogen) atoms. The van der Waals surface area contributed by atoms with Gasteiger partial charge in [0.25, 0.3) is 0 Å². The molecule has 1 amide bonds. The van der Waals surface area contributed by atoms with Gasteiger partial charge in [-0.05, 0) is 45.7 Å². The second-order valence-corrected chi connectivity index (χ2v) is 6.42. The van der Waals surface area contributed by atoms with Crippen LogP contribution in [0.1, 0.15) is 39.3 Å². The third kappa shape index (κ3) is 5.01. The summed E-state index contributed by atoms with van der Waals surface area (Å²) < 4.78 is 5.46. The van der Waals surface area contributed by atoms with E-state index in [4.69, 9.17) is 4.74 Å². The molecule has 1 aliphatic rings. The predicted molar refractivity (Wildman–Crippen MR) is 81.9 cm³/mol. The van der Waals surface area contributed by atoms with Crippen molar-refractivity contribution in [3.8, 4) is 0 Å². The highest BCUT2D eigenvalue weighted by atomic mass is 16.6. The first-order valence-electron chi connectivity index (χ1n) is 7.56. The van der Waals surface area contributed by atoms with Gasteiger partial charge in [0.2, 0.25) is 0 Å². The molecule has 1 atom stereocenters. The van der Waals surface area contributed by atoms with E-state index in [9.17, 15) is 4.79 Å². The van der Waals surface area contributed by atoms with Crippen molar-refractivity contribution in [3.63, 3.8) is 0 Å². The third-order valence-electron chi connectivity index (χ3n) is 3.42. The number of ether oxygens (including phenoxy) is 1. The van der Waals surface area contributed by atoms with Crippen LogP contribution in [0.2, 0.25) is 0 Å². The maximum Gasteiger partial charge on any atom is 0.410 e. The van der Waals surface area contributed by atoms with Crippen LogP contribution in [-0.2, 0) is 11.3 Å². The van der Waals surface area contributed by atoms with Crippen LogP contribution in [0.25, 0.3) is 0 Å². The zero-order chi connectivity index (χ0) is 15.3. The van der Waals surface area contributed by atoms with Crippen LogP contribution in [-0.4, -0.2) is 40.7 Å². The molecule has 2 heterocycles. The average molecular weight is 291 g/mol. The number of carbonyl (C=O) groups excluding carboxylic acids is 1. The summed E-state index contributed by atoms with van der Waals surface area (Å²) in [7, 11) is 0. The molecule has 5 nitrogen and oxygen atoms in total. The second kappa shape index (κ2) is 6.89. The van der Waals surface area contributed by atoms with E-state index in [1.165, 1.54) is 0 Å². The smallest absolute Gasteiger partial charge is 0.410 e. The van der Waals surface area contributed by atoms with Crippen LogP contribution >= 0.6 is 0 Å². The van der Waals surface area contributed by atoms with Crippen molar-refractivity contribution in [2.45, 2.75) is 51.8 Å². The number of pyridine rings is 1. The molecule has 2 rings (SSSR count). The summed E-state index contributed by atoms with van der Waals surface area (Å²) in [6, 6.07) is 6.09. The van der Waals surface area contributed by atoms with Crippen molar-refractivity contribution in [2.75, 3.05) is 13.1 Å². The Morgan fingerprint density at radius 3 is 2.95 bits per heavy atom. The van der Waals surface area contributed by atoms with Crippen LogP contribution in [0.4, 0.5) is 4.79 Å². The first kappa shape index (κ1) is 15.8. The average Bonchev–Trinajstić information content (AvgIpc) is 2.86. The lowest BCUT2D eigenvalue weighted by molar-refractivity contribution is 0.0226. The number of amides is 1. The van der Waals surface area contributed by atoms with Gasteiger partial charge in [-0.1, -0.05) is 6.07 Å². The predicted octanol–water partition coefficient (Wildman–Crippen LogP) is 2.57. The van der Waals surface area contributed by atoms with E-state index >= 15 is 0 Å². The lowest BCUT2D eigenvalue weighted by Crippen LogP contribution is -2.44. The van der Waals surface area contributed by atoms with E-state index in [1.807, 2.05) is 43.9 Å². The van der Waals surface area contributed by atoms with Crippen LogP contribution in [0.5, 0.6) is 0 Å². The van der Waals surface area contributed by atoms with Gasteiger partial charge < -0.3 is 15.0 Å². The van der Waals surface area contributed by atoms with Crippen molar-refractivity contribution in [1.29, 1.82) is 0 Å². The molecule has 116 valence electrons. The van der Waals surface area contributed by atoms with Crippen LogP contribution in [0.3, 0.4) is 0 Å². The standard InChI is InChI=1S/C16H25N3O2/c1-16(2,3)21-15(20)19-10-6-8-14(19)12-17-11-13-7-4-5-9-18-13/h4-5,7,9,14,17H,6,8,10-12H2,1-3H3/t14-/m1/s1. The number of nitrogens with zero attached hydrogens (tertiary/aromatic N) is 2. The first-order valence-corrected chi connectivity index (χ1v) is 7.56. The highest BCUT2D eigenvalue weighted by Crippen LogP contribution is 2.20. The number of aromatic nitrogens is 1. The van der Waals surface area contributed by atoms with Gasteiger partial charge in [-0.25, -0.2) is 4.79 Å². The zero-order valence-corrected chi connectivity index (χ0v) is 13.1. The van der Waals surface area contributed by atoms with E-state index in [0.29, 0.717) is 0 Å². The van der Waals surface area contributed by atoms with Gasteiger partial charge in [0, 0.05) is 31.9 Å². The number of nitrogens with one attached hydrogen (secondary N) is 1. The van der Waals surface area contributed by atoms with E-state index in [1.54, 1.807) is 6.20 Å². The van der Waals surface area contributed by atoms with Gasteiger partial charge in [-0.3, -0.25) is 4.98 Å². The normalized spacial score (nSPS) is 18.8. The summed E-state index contributed by atoms with van der Waals surface area (Å²) in [6.07, 6.45) is 3.65. The summed E-state index contributed by atoms with van der Waals surface area (Å²) in [5, 5.41) is 3.38. The molecule has 0 spiro atoms. The Bertz CT molecular complexity index is 456. The topological polar surface area (TPSA) is 54.5 Å². The quantitative estimate of drug-likeness (QED) is 0.926. The molecular formula is C16H25N3O2. The minimum absolute atomic E-state index is 0.204. The molecule has 0 radical (unpaired) electrons. The van der Waals surface area contributed by atoms with E-state index in [2.05, 4.69) is 10.3 Å². The van der Waals surface area contributed by atoms with E-state index in [0.717, 1.165) is 38.2 Å². The van der Waals surface area contributed by atoms with Crippen molar-refractivity contribution in [1.82, 2.24) is 15.2 Å². The SMILES string of the molecule is CC(C)(C)OC(=O)N1CCC[C@@H]1CNCc1ccccn1. The van der Waals surface area contributed by atoms with Crippen molar-refractivity contribution in [2.24, 2.45) is 0 Å². The third-order valence-corrected chi connectivity index (χ3v) is 3.42. The Balaban J connectivity index is 1.80. The summed E-state index contributed by atoms with van der Waals surface area (Å²) in [6.45, 7) is 7.97. The minimum Gasteiger partial charge on any atom is -0.444 e. The highest BCUT2D eigenvalue weighted by molar-refractivity contribution is 5.69. The monoisotopic (exact) mass is 291 g/mol. The molecule has 0 aliphatic carbocycles. The highest BCUT2D eigenvalue weighted by Gasteiger charge is 2.31. The minimum atomic E-state index is -0.439. The maximum atomic E-state index is 12.2. The maximum absolute atomic E-state index is 12.2. The summed E-state index contributed by atoms with van der Waals surface area (Å²) >= 11 is 0. The number of hydrogen-bond donors (Lipinski definition) is 1. The fraction of sp³-hybridized carbons (Fsp3) is 0.625. The Labute approximate surface area is 126 Å². The Kier molecular flexibility index (Phi) is 5.17. The molecule has 1 aliphatic heterocycles. The van der Waals surface area contributed by atoms with Gasteiger partial charge in [-0.15, -0.1) is 0 Å². The first-order chi connectivity index (χ1) is 9.96. The molecule has 0 bridgehead atoms. The Morgan fingerprint density at radius 1 is 1.48 bits per heavy atom. The van der Waals surface area contributed by atoms with Crippen molar-refractivity contribution < 1.29 is 9.53 Å². The largest absolute Gasteiger partial charge is 0.444 e. The molecule has 1 aromatic rings. The summed E-state index contributed by atoms with van der Waals surface area (Å²) in [4.78, 5) is 18.3. The van der Waals surface area contributed by atoms with Crippen LogP contribution in [0.15, 0.2) is 24.4 Å². The fourth-order valence-electron chi connectivity index (χ4n) is 2.48.